The summed E-state index contributed by atoms with van der Waals surface area (Å²) >= 11 is 0. The number of sulfonamides is 1. The lowest BCUT2D eigenvalue weighted by Crippen LogP contribution is -2.38. The first kappa shape index (κ1) is 16.9. The summed E-state index contributed by atoms with van der Waals surface area (Å²) in [6.45, 7) is 2.39. The molecule has 0 radical (unpaired) electrons. The molecular formula is C13H22N2O4S. The van der Waals surface area contributed by atoms with E-state index in [1.807, 2.05) is 25.9 Å². The molecule has 0 aliphatic heterocycles. The van der Waals surface area contributed by atoms with Gasteiger partial charge in [-0.3, -0.25) is 0 Å². The van der Waals surface area contributed by atoms with E-state index in [9.17, 15) is 8.42 Å². The number of aliphatic hydroxyl groups excluding tert-OH is 1. The van der Waals surface area contributed by atoms with E-state index >= 15 is 0 Å². The molecule has 7 heteroatoms. The highest BCUT2D eigenvalue weighted by Crippen LogP contribution is 2.15. The van der Waals surface area contributed by atoms with Crippen molar-refractivity contribution in [3.63, 3.8) is 0 Å². The van der Waals surface area contributed by atoms with Gasteiger partial charge in [0.15, 0.2) is 0 Å². The van der Waals surface area contributed by atoms with Gasteiger partial charge in [0.05, 0.1) is 11.5 Å². The minimum absolute atomic E-state index is 0.0793. The van der Waals surface area contributed by atoms with Crippen molar-refractivity contribution < 1.29 is 18.3 Å². The fraction of sp³-hybridized carbons (Fsp3) is 0.538. The van der Waals surface area contributed by atoms with Gasteiger partial charge in [-0.1, -0.05) is 0 Å². The topological polar surface area (TPSA) is 78.9 Å². The smallest absolute Gasteiger partial charge is 0.240 e. The lowest BCUT2D eigenvalue weighted by atomic mass is 10.3. The molecule has 0 aliphatic carbocycles. The maximum Gasteiger partial charge on any atom is 0.240 e. The molecular weight excluding hydrogens is 280 g/mol. The highest BCUT2D eigenvalue weighted by atomic mass is 32.2. The van der Waals surface area contributed by atoms with Crippen LogP contribution in [0.4, 0.5) is 0 Å². The van der Waals surface area contributed by atoms with E-state index in [4.69, 9.17) is 9.84 Å². The van der Waals surface area contributed by atoms with Gasteiger partial charge in [-0.2, -0.15) is 0 Å². The van der Waals surface area contributed by atoms with Crippen LogP contribution >= 0.6 is 0 Å². The molecule has 2 N–H and O–H groups in total. The predicted molar refractivity (Wildman–Crippen MR) is 77.4 cm³/mol. The maximum atomic E-state index is 12.1. The largest absolute Gasteiger partial charge is 0.491 e. The summed E-state index contributed by atoms with van der Waals surface area (Å²) in [7, 11) is 0.282. The molecule has 1 atom stereocenters. The first-order valence-electron chi connectivity index (χ1n) is 6.36. The Kier molecular flexibility index (Phi) is 6.41. The van der Waals surface area contributed by atoms with Gasteiger partial charge < -0.3 is 14.7 Å². The van der Waals surface area contributed by atoms with Crippen molar-refractivity contribution in [2.24, 2.45) is 0 Å². The average molecular weight is 302 g/mol. The second-order valence-electron chi connectivity index (χ2n) is 4.71. The minimum Gasteiger partial charge on any atom is -0.491 e. The summed E-state index contributed by atoms with van der Waals surface area (Å²) < 4.78 is 31.9. The van der Waals surface area contributed by atoms with Crippen molar-refractivity contribution >= 4 is 10.0 Å². The summed E-state index contributed by atoms with van der Waals surface area (Å²) in [5, 5.41) is 8.64. The number of nitrogens with zero attached hydrogens (tertiary/aromatic N) is 1. The van der Waals surface area contributed by atoms with Crippen LogP contribution in [0.25, 0.3) is 0 Å². The first-order valence-corrected chi connectivity index (χ1v) is 7.85. The van der Waals surface area contributed by atoms with Crippen molar-refractivity contribution in [2.75, 3.05) is 33.9 Å². The maximum absolute atomic E-state index is 12.1. The van der Waals surface area contributed by atoms with Gasteiger partial charge in [-0.15, -0.1) is 0 Å². The normalized spacial score (nSPS) is 13.4. The Balaban J connectivity index is 2.68. The Morgan fingerprint density at radius 2 is 1.90 bits per heavy atom. The van der Waals surface area contributed by atoms with Crippen molar-refractivity contribution in [3.05, 3.63) is 24.3 Å². The van der Waals surface area contributed by atoms with E-state index in [0.29, 0.717) is 12.3 Å². The molecule has 0 amide bonds. The van der Waals surface area contributed by atoms with Crippen LogP contribution in [0.1, 0.15) is 6.92 Å². The van der Waals surface area contributed by atoms with Crippen LogP contribution in [-0.4, -0.2) is 58.3 Å². The third-order valence-electron chi connectivity index (χ3n) is 2.94. The Labute approximate surface area is 120 Å². The van der Waals surface area contributed by atoms with Crippen LogP contribution in [0.15, 0.2) is 29.2 Å². The van der Waals surface area contributed by atoms with E-state index in [1.54, 1.807) is 12.1 Å². The number of rotatable bonds is 8. The SMILES string of the molecule is CC(CNS(=O)(=O)c1ccc(OCCO)cc1)N(C)C. The number of aliphatic hydroxyl groups is 1. The predicted octanol–water partition coefficient (Wildman–Crippen LogP) is 0.286. The molecule has 1 aromatic rings. The number of ether oxygens (including phenoxy) is 1. The molecule has 0 aliphatic rings. The van der Waals surface area contributed by atoms with Gasteiger partial charge in [0.25, 0.3) is 0 Å². The van der Waals surface area contributed by atoms with Gasteiger partial charge in [-0.05, 0) is 45.3 Å². The van der Waals surface area contributed by atoms with Crippen molar-refractivity contribution in [1.82, 2.24) is 9.62 Å². The summed E-state index contributed by atoms with van der Waals surface area (Å²) in [6.07, 6.45) is 0. The molecule has 0 saturated heterocycles. The number of likely N-dealkylation sites (N-methyl/N-ethyl adjacent to an activating group) is 1. The van der Waals surface area contributed by atoms with Gasteiger partial charge >= 0.3 is 0 Å². The lowest BCUT2D eigenvalue weighted by Gasteiger charge is -2.20. The second kappa shape index (κ2) is 7.58. The average Bonchev–Trinajstić information content (AvgIpc) is 2.43. The summed E-state index contributed by atoms with van der Waals surface area (Å²) in [6, 6.07) is 6.21. The van der Waals surface area contributed by atoms with Crippen LogP contribution in [0, 0.1) is 0 Å². The highest BCUT2D eigenvalue weighted by Gasteiger charge is 2.15. The first-order chi connectivity index (χ1) is 9.36. The Bertz CT molecular complexity index is 500. The Morgan fingerprint density at radius 3 is 2.40 bits per heavy atom. The van der Waals surface area contributed by atoms with Gasteiger partial charge in [0.2, 0.25) is 10.0 Å². The fourth-order valence-electron chi connectivity index (χ4n) is 1.37. The fourth-order valence-corrected chi connectivity index (χ4v) is 2.50. The molecule has 0 aromatic heterocycles. The third kappa shape index (κ3) is 5.09. The molecule has 0 saturated carbocycles. The van der Waals surface area contributed by atoms with Crippen LogP contribution in [0.3, 0.4) is 0 Å². The Hall–Kier alpha value is -1.15. The van der Waals surface area contributed by atoms with Crippen LogP contribution in [0.2, 0.25) is 0 Å². The molecule has 0 fully saturated rings. The van der Waals surface area contributed by atoms with Crippen molar-refractivity contribution in [1.29, 1.82) is 0 Å². The van der Waals surface area contributed by atoms with Crippen molar-refractivity contribution in [3.8, 4) is 5.75 Å². The quantitative estimate of drug-likeness (QED) is 0.721. The van der Waals surface area contributed by atoms with E-state index in [2.05, 4.69) is 4.72 Å². The summed E-state index contributed by atoms with van der Waals surface area (Å²) in [4.78, 5) is 2.13. The standard InChI is InChI=1S/C13H22N2O4S/c1-11(15(2)3)10-14-20(17,18)13-6-4-12(5-7-13)19-9-8-16/h4-7,11,14,16H,8-10H2,1-3H3. The van der Waals surface area contributed by atoms with Crippen LogP contribution < -0.4 is 9.46 Å². The van der Waals surface area contributed by atoms with E-state index in [1.165, 1.54) is 12.1 Å². The molecule has 114 valence electrons. The Morgan fingerprint density at radius 1 is 1.30 bits per heavy atom. The summed E-state index contributed by atoms with van der Waals surface area (Å²) in [5.74, 6) is 0.527. The summed E-state index contributed by atoms with van der Waals surface area (Å²) in [5.41, 5.74) is 0. The third-order valence-corrected chi connectivity index (χ3v) is 4.38. The molecule has 20 heavy (non-hydrogen) atoms. The van der Waals surface area contributed by atoms with E-state index in [0.717, 1.165) is 0 Å². The monoisotopic (exact) mass is 302 g/mol. The minimum atomic E-state index is -3.51. The molecule has 1 rings (SSSR count). The molecule has 0 spiro atoms. The van der Waals surface area contributed by atoms with Crippen molar-refractivity contribution in [2.45, 2.75) is 17.9 Å². The molecule has 1 unspecified atom stereocenters. The van der Waals surface area contributed by atoms with Crippen LogP contribution in [0.5, 0.6) is 5.75 Å². The van der Waals surface area contributed by atoms with E-state index in [-0.39, 0.29) is 24.2 Å². The zero-order valence-electron chi connectivity index (χ0n) is 12.0. The number of nitrogens with one attached hydrogen (secondary N) is 1. The van der Waals surface area contributed by atoms with Crippen LogP contribution in [-0.2, 0) is 10.0 Å². The van der Waals surface area contributed by atoms with Gasteiger partial charge in [-0.25, -0.2) is 13.1 Å². The number of hydrogen-bond donors (Lipinski definition) is 2. The molecule has 1 aromatic carbocycles. The molecule has 6 nitrogen and oxygen atoms in total. The number of benzene rings is 1. The molecule has 0 heterocycles. The molecule has 0 bridgehead atoms. The lowest BCUT2D eigenvalue weighted by molar-refractivity contribution is 0.201. The number of hydrogen-bond acceptors (Lipinski definition) is 5. The zero-order valence-corrected chi connectivity index (χ0v) is 12.9. The van der Waals surface area contributed by atoms with Gasteiger partial charge in [0.1, 0.15) is 12.4 Å². The second-order valence-corrected chi connectivity index (χ2v) is 6.47. The van der Waals surface area contributed by atoms with E-state index < -0.39 is 10.0 Å². The zero-order chi connectivity index (χ0) is 15.2. The van der Waals surface area contributed by atoms with Gasteiger partial charge in [0, 0.05) is 12.6 Å². The highest BCUT2D eigenvalue weighted by molar-refractivity contribution is 7.89.